The lowest BCUT2D eigenvalue weighted by atomic mass is 10.0. The molecule has 5 rings (SSSR count). The van der Waals surface area contributed by atoms with Gasteiger partial charge in [-0.25, -0.2) is 4.98 Å². The Bertz CT molecular complexity index is 1340. The van der Waals surface area contributed by atoms with Crippen molar-refractivity contribution < 1.29 is 4.79 Å². The maximum Gasteiger partial charge on any atom is 0.219 e. The second-order valence-electron chi connectivity index (χ2n) is 8.19. The first-order valence-corrected chi connectivity index (χ1v) is 11.6. The van der Waals surface area contributed by atoms with Crippen LogP contribution < -0.4 is 4.90 Å². The van der Waals surface area contributed by atoms with Crippen LogP contribution in [0.15, 0.2) is 54.6 Å². The topological polar surface area (TPSA) is 53.7 Å². The Labute approximate surface area is 202 Å². The van der Waals surface area contributed by atoms with Crippen LogP contribution in [0.25, 0.3) is 28.0 Å². The zero-order valence-electron chi connectivity index (χ0n) is 18.4. The highest BCUT2D eigenvalue weighted by atomic mass is 35.5. The molecule has 2 aromatic carbocycles. The van der Waals surface area contributed by atoms with Gasteiger partial charge in [-0.05, 0) is 30.7 Å². The van der Waals surface area contributed by atoms with Gasteiger partial charge in [0, 0.05) is 55.4 Å². The van der Waals surface area contributed by atoms with E-state index in [-0.39, 0.29) is 5.91 Å². The molecule has 3 heterocycles. The summed E-state index contributed by atoms with van der Waals surface area (Å²) in [6.07, 6.45) is 0. The average molecular weight is 480 g/mol. The zero-order valence-corrected chi connectivity index (χ0v) is 19.9. The van der Waals surface area contributed by atoms with Crippen LogP contribution in [0.2, 0.25) is 10.0 Å². The summed E-state index contributed by atoms with van der Waals surface area (Å²) in [5.74, 6) is 1.06. The number of rotatable bonds is 3. The molecule has 0 N–H and O–H groups in total. The summed E-state index contributed by atoms with van der Waals surface area (Å²) in [4.78, 5) is 20.8. The number of benzene rings is 2. The molecule has 1 aliphatic heterocycles. The summed E-state index contributed by atoms with van der Waals surface area (Å²) in [6.45, 7) is 6.43. The van der Waals surface area contributed by atoms with Gasteiger partial charge in [0.1, 0.15) is 11.5 Å². The quantitative estimate of drug-likeness (QED) is 0.397. The maximum atomic E-state index is 11.8. The average Bonchev–Trinajstić information content (AvgIpc) is 3.18. The smallest absolute Gasteiger partial charge is 0.219 e. The molecule has 8 heteroatoms. The van der Waals surface area contributed by atoms with Gasteiger partial charge >= 0.3 is 0 Å². The van der Waals surface area contributed by atoms with Gasteiger partial charge in [-0.2, -0.15) is 9.61 Å². The first kappa shape index (κ1) is 21.7. The summed E-state index contributed by atoms with van der Waals surface area (Å²) in [5, 5.41) is 6.33. The molecule has 0 radical (unpaired) electrons. The third-order valence-corrected chi connectivity index (χ3v) is 6.59. The number of hydrogen-bond acceptors (Lipinski definition) is 4. The van der Waals surface area contributed by atoms with Crippen molar-refractivity contribution in [3.63, 3.8) is 0 Å². The summed E-state index contributed by atoms with van der Waals surface area (Å²) >= 11 is 12.8. The Kier molecular flexibility index (Phi) is 5.72. The fourth-order valence-electron chi connectivity index (χ4n) is 4.32. The first-order valence-electron chi connectivity index (χ1n) is 10.8. The van der Waals surface area contributed by atoms with E-state index in [1.165, 1.54) is 0 Å². The van der Waals surface area contributed by atoms with Crippen LogP contribution in [0.4, 0.5) is 5.82 Å². The van der Waals surface area contributed by atoms with Gasteiger partial charge in [0.15, 0.2) is 5.65 Å². The zero-order chi connectivity index (χ0) is 23.1. The number of hydrogen-bond donors (Lipinski definition) is 0. The highest BCUT2D eigenvalue weighted by molar-refractivity contribution is 6.33. The van der Waals surface area contributed by atoms with Crippen LogP contribution in [0.1, 0.15) is 12.6 Å². The normalized spacial score (nSPS) is 14.2. The number of aryl methyl sites for hydroxylation is 1. The standard InChI is InChI=1S/C25H23Cl2N5O/c1-16-15-22(31-13-11-30(12-14-31)17(2)33)32-25(28-16)23(18-7-9-19(26)10-8-18)24(29-32)20-5-3-4-6-21(20)27/h3-10,15H,11-14H2,1-2H3. The number of carbonyl (C=O) groups is 1. The third-order valence-electron chi connectivity index (χ3n) is 6.01. The number of fused-ring (bicyclic) bond motifs is 1. The maximum absolute atomic E-state index is 11.8. The predicted octanol–water partition coefficient (Wildman–Crippen LogP) is 5.35. The number of aromatic nitrogens is 3. The summed E-state index contributed by atoms with van der Waals surface area (Å²) in [6, 6.07) is 17.5. The van der Waals surface area contributed by atoms with Crippen molar-refractivity contribution in [2.45, 2.75) is 13.8 Å². The van der Waals surface area contributed by atoms with Crippen molar-refractivity contribution in [2.75, 3.05) is 31.1 Å². The second kappa shape index (κ2) is 8.69. The van der Waals surface area contributed by atoms with E-state index in [9.17, 15) is 4.79 Å². The largest absolute Gasteiger partial charge is 0.353 e. The molecule has 6 nitrogen and oxygen atoms in total. The van der Waals surface area contributed by atoms with E-state index < -0.39 is 0 Å². The fraction of sp³-hybridized carbons (Fsp3) is 0.240. The summed E-state index contributed by atoms with van der Waals surface area (Å²) < 4.78 is 1.90. The SMILES string of the molecule is CC(=O)N1CCN(c2cc(C)nc3c(-c4ccc(Cl)cc4)c(-c4ccccc4Cl)nn23)CC1. The molecule has 33 heavy (non-hydrogen) atoms. The lowest BCUT2D eigenvalue weighted by Crippen LogP contribution is -2.48. The van der Waals surface area contributed by atoms with E-state index in [1.807, 2.05) is 70.9 Å². The number of anilines is 1. The highest BCUT2D eigenvalue weighted by Crippen LogP contribution is 2.39. The predicted molar refractivity (Wildman–Crippen MR) is 133 cm³/mol. The minimum atomic E-state index is 0.107. The molecule has 168 valence electrons. The van der Waals surface area contributed by atoms with Crippen molar-refractivity contribution in [1.29, 1.82) is 0 Å². The molecule has 4 aromatic rings. The minimum Gasteiger partial charge on any atom is -0.353 e. The van der Waals surface area contributed by atoms with Crippen LogP contribution in [0.3, 0.4) is 0 Å². The molecule has 1 aliphatic rings. The first-order chi connectivity index (χ1) is 15.9. The Hall–Kier alpha value is -3.09. The highest BCUT2D eigenvalue weighted by Gasteiger charge is 2.25. The lowest BCUT2D eigenvalue weighted by molar-refractivity contribution is -0.129. The molecule has 0 unspecified atom stereocenters. The van der Waals surface area contributed by atoms with Crippen molar-refractivity contribution in [1.82, 2.24) is 19.5 Å². The van der Waals surface area contributed by atoms with Crippen molar-refractivity contribution >= 4 is 40.6 Å². The van der Waals surface area contributed by atoms with Gasteiger partial charge in [0.25, 0.3) is 0 Å². The van der Waals surface area contributed by atoms with Gasteiger partial charge in [-0.15, -0.1) is 0 Å². The van der Waals surface area contributed by atoms with E-state index >= 15 is 0 Å². The number of carbonyl (C=O) groups excluding carboxylic acids is 1. The third kappa shape index (κ3) is 4.05. The number of halogens is 2. The Morgan fingerprint density at radius 3 is 2.33 bits per heavy atom. The van der Waals surface area contributed by atoms with Crippen LogP contribution in [0.5, 0.6) is 0 Å². The molecule has 0 spiro atoms. The Morgan fingerprint density at radius 2 is 1.67 bits per heavy atom. The van der Waals surface area contributed by atoms with Crippen molar-refractivity contribution in [3.8, 4) is 22.4 Å². The van der Waals surface area contributed by atoms with Crippen LogP contribution in [-0.2, 0) is 4.79 Å². The number of amides is 1. The summed E-state index contributed by atoms with van der Waals surface area (Å²) in [5.41, 5.74) is 5.15. The molecule has 0 atom stereocenters. The molecule has 1 fully saturated rings. The van der Waals surface area contributed by atoms with E-state index in [2.05, 4.69) is 4.90 Å². The van der Waals surface area contributed by atoms with E-state index in [0.29, 0.717) is 23.1 Å². The number of nitrogens with zero attached hydrogens (tertiary/aromatic N) is 5. The van der Waals surface area contributed by atoms with Crippen molar-refractivity contribution in [2.24, 2.45) is 0 Å². The molecule has 1 amide bonds. The van der Waals surface area contributed by atoms with E-state index in [4.69, 9.17) is 33.3 Å². The van der Waals surface area contributed by atoms with Crippen LogP contribution >= 0.6 is 23.2 Å². The van der Waals surface area contributed by atoms with Gasteiger partial charge in [0.05, 0.1) is 10.6 Å². The van der Waals surface area contributed by atoms with Gasteiger partial charge in [0.2, 0.25) is 5.91 Å². The van der Waals surface area contributed by atoms with Gasteiger partial charge in [-0.3, -0.25) is 4.79 Å². The molecule has 0 bridgehead atoms. The van der Waals surface area contributed by atoms with Crippen molar-refractivity contribution in [3.05, 3.63) is 70.3 Å². The lowest BCUT2D eigenvalue weighted by Gasteiger charge is -2.35. The van der Waals surface area contributed by atoms with Gasteiger partial charge in [-0.1, -0.05) is 53.5 Å². The monoisotopic (exact) mass is 479 g/mol. The molecule has 1 saturated heterocycles. The fourth-order valence-corrected chi connectivity index (χ4v) is 4.67. The van der Waals surface area contributed by atoms with Gasteiger partial charge < -0.3 is 9.80 Å². The Morgan fingerprint density at radius 1 is 0.970 bits per heavy atom. The molecule has 0 saturated carbocycles. The van der Waals surface area contributed by atoms with Crippen LogP contribution in [-0.4, -0.2) is 51.6 Å². The number of piperazine rings is 1. The van der Waals surface area contributed by atoms with Crippen LogP contribution in [0, 0.1) is 6.92 Å². The molecular weight excluding hydrogens is 457 g/mol. The second-order valence-corrected chi connectivity index (χ2v) is 9.04. The summed E-state index contributed by atoms with van der Waals surface area (Å²) in [7, 11) is 0. The molecule has 2 aromatic heterocycles. The minimum absolute atomic E-state index is 0.107. The van der Waals surface area contributed by atoms with E-state index in [0.717, 1.165) is 52.6 Å². The van der Waals surface area contributed by atoms with E-state index in [1.54, 1.807) is 6.92 Å². The molecular formula is C25H23Cl2N5O. The Balaban J connectivity index is 1.72. The molecule has 0 aliphatic carbocycles.